The highest BCUT2D eigenvalue weighted by Gasteiger charge is 2.30. The molecule has 0 bridgehead atoms. The lowest BCUT2D eigenvalue weighted by Gasteiger charge is -2.26. The molecule has 4 heteroatoms. The molecule has 4 heterocycles. The van der Waals surface area contributed by atoms with Gasteiger partial charge in [0.15, 0.2) is 0 Å². The molecular weight excluding hydrogens is 767 g/mol. The number of aliphatic imine (C=N–C) groups is 1. The molecule has 2 atom stereocenters. The molecule has 0 fully saturated rings. The normalized spacial score (nSPS) is 15.8. The van der Waals surface area contributed by atoms with Crippen molar-refractivity contribution in [2.24, 2.45) is 10.9 Å². The minimum absolute atomic E-state index is 0.0367. The van der Waals surface area contributed by atoms with Crippen molar-refractivity contribution in [3.63, 3.8) is 0 Å². The smallest absolute Gasteiger partial charge is 0.138 e. The second-order valence-electron chi connectivity index (χ2n) is 17.0. The maximum Gasteiger partial charge on any atom is 0.138 e. The Labute approximate surface area is 364 Å². The van der Waals surface area contributed by atoms with Gasteiger partial charge in [-0.25, -0.2) is 0 Å². The zero-order valence-electron chi connectivity index (χ0n) is 34.7. The van der Waals surface area contributed by atoms with E-state index in [0.717, 1.165) is 49.9 Å². The third kappa shape index (κ3) is 5.58. The monoisotopic (exact) mass is 807 g/mol. The van der Waals surface area contributed by atoms with Crippen LogP contribution in [-0.2, 0) is 0 Å². The molecule has 298 valence electrons. The molecule has 12 aromatic rings. The molecule has 0 aliphatic carbocycles. The molecule has 4 nitrogen and oxygen atoms in total. The van der Waals surface area contributed by atoms with E-state index in [1.54, 1.807) is 0 Å². The molecule has 0 saturated carbocycles. The fourth-order valence-electron chi connectivity index (χ4n) is 10.6. The van der Waals surface area contributed by atoms with Crippen molar-refractivity contribution in [2.45, 2.75) is 19.5 Å². The van der Waals surface area contributed by atoms with E-state index in [1.807, 2.05) is 0 Å². The third-order valence-corrected chi connectivity index (χ3v) is 13.5. The van der Waals surface area contributed by atoms with Crippen LogP contribution in [0.1, 0.15) is 30.6 Å². The van der Waals surface area contributed by atoms with Gasteiger partial charge in [-0.15, -0.1) is 0 Å². The summed E-state index contributed by atoms with van der Waals surface area (Å²) in [6.45, 7) is 2.36. The number of aromatic nitrogens is 2. The highest BCUT2D eigenvalue weighted by atomic mass is 16.3. The van der Waals surface area contributed by atoms with Crippen LogP contribution in [0.15, 0.2) is 216 Å². The van der Waals surface area contributed by atoms with Crippen molar-refractivity contribution < 1.29 is 4.42 Å². The van der Waals surface area contributed by atoms with Crippen molar-refractivity contribution in [2.75, 3.05) is 0 Å². The van der Waals surface area contributed by atoms with Crippen LogP contribution in [0, 0.1) is 5.92 Å². The second-order valence-corrected chi connectivity index (χ2v) is 17.0. The summed E-state index contributed by atoms with van der Waals surface area (Å²) in [6.07, 6.45) is 2.86. The first-order valence-electron chi connectivity index (χ1n) is 21.9. The Morgan fingerprint density at radius 1 is 0.476 bits per heavy atom. The highest BCUT2D eigenvalue weighted by molar-refractivity contribution is 6.21. The number of hydrogen-bond acceptors (Lipinski definition) is 2. The van der Waals surface area contributed by atoms with E-state index in [9.17, 15) is 0 Å². The lowest BCUT2D eigenvalue weighted by atomic mass is 9.89. The van der Waals surface area contributed by atoms with E-state index >= 15 is 0 Å². The Morgan fingerprint density at radius 2 is 1.05 bits per heavy atom. The molecular formula is C59H41N3O. The first kappa shape index (κ1) is 35.8. The van der Waals surface area contributed by atoms with Gasteiger partial charge in [0.25, 0.3) is 0 Å². The summed E-state index contributed by atoms with van der Waals surface area (Å²) in [5, 5.41) is 9.57. The van der Waals surface area contributed by atoms with E-state index in [4.69, 9.17) is 9.41 Å². The van der Waals surface area contributed by atoms with Gasteiger partial charge in [0.05, 0.1) is 27.8 Å². The molecule has 0 radical (unpaired) electrons. The number of rotatable bonds is 5. The first-order valence-corrected chi connectivity index (χ1v) is 21.9. The van der Waals surface area contributed by atoms with Crippen LogP contribution in [0.25, 0.3) is 98.7 Å². The van der Waals surface area contributed by atoms with E-state index in [0.29, 0.717) is 6.42 Å². The average molecular weight is 808 g/mol. The summed E-state index contributed by atoms with van der Waals surface area (Å²) < 4.78 is 11.8. The molecule has 63 heavy (non-hydrogen) atoms. The van der Waals surface area contributed by atoms with Gasteiger partial charge in [-0.2, -0.15) is 0 Å². The van der Waals surface area contributed by atoms with Crippen LogP contribution >= 0.6 is 0 Å². The van der Waals surface area contributed by atoms with E-state index in [1.165, 1.54) is 65.6 Å². The fourth-order valence-corrected chi connectivity index (χ4v) is 10.6. The SMILES string of the molecule is CC1C(c2ccc(-c3ccccc3)cc2)=CCC(c2cc(-n3c4ccccc4c4cc5ccccc5cc43)cc3oc4ccccc4c23)=NC1n1c2ccccc2c2ccccc21. The molecule has 1 aliphatic rings. The zero-order valence-corrected chi connectivity index (χ0v) is 34.7. The number of allylic oxidation sites excluding steroid dienone is 1. The lowest BCUT2D eigenvalue weighted by Crippen LogP contribution is -2.17. The molecule has 9 aromatic carbocycles. The molecule has 2 unspecified atom stereocenters. The Balaban J connectivity index is 1.08. The van der Waals surface area contributed by atoms with E-state index in [2.05, 4.69) is 222 Å². The molecule has 0 spiro atoms. The summed E-state index contributed by atoms with van der Waals surface area (Å²) in [6, 6.07) is 72.6. The van der Waals surface area contributed by atoms with Crippen LogP contribution < -0.4 is 0 Å². The minimum atomic E-state index is -0.246. The van der Waals surface area contributed by atoms with Gasteiger partial charge >= 0.3 is 0 Å². The Morgan fingerprint density at radius 3 is 1.78 bits per heavy atom. The van der Waals surface area contributed by atoms with Gasteiger partial charge < -0.3 is 13.6 Å². The van der Waals surface area contributed by atoms with Gasteiger partial charge in [-0.3, -0.25) is 4.99 Å². The van der Waals surface area contributed by atoms with Gasteiger partial charge in [-0.05, 0) is 75.5 Å². The number of hydrogen-bond donors (Lipinski definition) is 0. The maximum absolute atomic E-state index is 6.83. The molecule has 1 aliphatic heterocycles. The van der Waals surface area contributed by atoms with Crippen LogP contribution in [0.2, 0.25) is 0 Å². The number of fused-ring (bicyclic) bond motifs is 10. The summed E-state index contributed by atoms with van der Waals surface area (Å²) in [7, 11) is 0. The van der Waals surface area contributed by atoms with Crippen LogP contribution in [0.5, 0.6) is 0 Å². The molecule has 0 saturated heterocycles. The fraction of sp³-hybridized carbons (Fsp3) is 0.0678. The van der Waals surface area contributed by atoms with Crippen molar-refractivity contribution in [3.05, 3.63) is 217 Å². The highest BCUT2D eigenvalue weighted by Crippen LogP contribution is 2.44. The number of furan rings is 1. The summed E-state index contributed by atoms with van der Waals surface area (Å²) in [5.41, 5.74) is 14.5. The van der Waals surface area contributed by atoms with Crippen molar-refractivity contribution in [1.29, 1.82) is 0 Å². The van der Waals surface area contributed by atoms with E-state index < -0.39 is 0 Å². The van der Waals surface area contributed by atoms with Crippen LogP contribution in [-0.4, -0.2) is 14.8 Å². The second kappa shape index (κ2) is 14.1. The van der Waals surface area contributed by atoms with Crippen molar-refractivity contribution in [3.8, 4) is 16.8 Å². The molecule has 13 rings (SSSR count). The van der Waals surface area contributed by atoms with Gasteiger partial charge in [0.1, 0.15) is 17.3 Å². The Hall–Kier alpha value is -7.95. The maximum atomic E-state index is 6.83. The number of benzene rings is 9. The summed E-state index contributed by atoms with van der Waals surface area (Å²) in [5.74, 6) is 0.0367. The topological polar surface area (TPSA) is 35.4 Å². The predicted molar refractivity (Wildman–Crippen MR) is 264 cm³/mol. The van der Waals surface area contributed by atoms with Crippen LogP contribution in [0.4, 0.5) is 0 Å². The first-order chi connectivity index (χ1) is 31.2. The molecule has 3 aromatic heterocycles. The Kier molecular flexibility index (Phi) is 7.98. The molecule has 0 N–H and O–H groups in total. The third-order valence-electron chi connectivity index (χ3n) is 13.5. The average Bonchev–Trinajstić information content (AvgIpc) is 3.95. The van der Waals surface area contributed by atoms with Gasteiger partial charge in [0.2, 0.25) is 0 Å². The van der Waals surface area contributed by atoms with Gasteiger partial charge in [-0.1, -0.05) is 165 Å². The largest absolute Gasteiger partial charge is 0.456 e. The Bertz CT molecular complexity index is 3790. The van der Waals surface area contributed by atoms with Crippen molar-refractivity contribution >= 4 is 87.6 Å². The number of nitrogens with zero attached hydrogens (tertiary/aromatic N) is 3. The van der Waals surface area contributed by atoms with E-state index in [-0.39, 0.29) is 12.1 Å². The molecule has 0 amide bonds. The quantitative estimate of drug-likeness (QED) is 0.171. The number of para-hydroxylation sites is 4. The minimum Gasteiger partial charge on any atom is -0.456 e. The van der Waals surface area contributed by atoms with Crippen molar-refractivity contribution in [1.82, 2.24) is 9.13 Å². The standard InChI is InChI=1S/C59H41N3O/c1-37-44(40-29-27-39(28-30-40)38-15-3-2-4-16-38)31-32-51(60-59(37)62-53-24-12-7-19-45(53)46-20-8-13-25-54(46)62)50-35-43(36-57-58(50)48-22-10-14-26-56(48)63-57)61-52-23-11-9-21-47(52)49-33-41-17-5-6-18-42(41)34-55(49)61/h2-31,33-37,59H,32H2,1H3. The van der Waals surface area contributed by atoms with Crippen LogP contribution in [0.3, 0.4) is 0 Å². The lowest BCUT2D eigenvalue weighted by molar-refractivity contribution is 0.460. The van der Waals surface area contributed by atoms with Gasteiger partial charge in [0, 0.05) is 62.0 Å². The zero-order chi connectivity index (χ0) is 41.6. The predicted octanol–water partition coefficient (Wildman–Crippen LogP) is 15.7. The summed E-state index contributed by atoms with van der Waals surface area (Å²) >= 11 is 0. The summed E-state index contributed by atoms with van der Waals surface area (Å²) in [4.78, 5) is 6.01.